The maximum Gasteiger partial charge on any atom is 0.325 e. The zero-order valence-electron chi connectivity index (χ0n) is 19.4. The number of rotatable bonds is 6. The standard InChI is InChI=1S/C22H37N5O4/c1-5-24(6-2)15-18(28)25-11-7-17(8-12-25)27-20(30)22(23-21(27)31)9-13-26(14-10-22)19(29)16(3)4/h16-17H,5-15H2,1-4H3,(H,23,31). The normalized spacial score (nSPS) is 22.1. The molecule has 3 rings (SSSR count). The molecular formula is C22H37N5O4. The van der Waals surface area contributed by atoms with Gasteiger partial charge in [0.05, 0.1) is 6.54 Å². The number of likely N-dealkylation sites (tertiary alicyclic amines) is 2. The molecule has 3 saturated heterocycles. The van der Waals surface area contributed by atoms with Crippen LogP contribution in [-0.2, 0) is 14.4 Å². The van der Waals surface area contributed by atoms with Crippen molar-refractivity contribution in [2.75, 3.05) is 45.8 Å². The van der Waals surface area contributed by atoms with E-state index in [2.05, 4.69) is 10.2 Å². The second-order valence-corrected chi connectivity index (χ2v) is 9.24. The van der Waals surface area contributed by atoms with Crippen LogP contribution in [0.1, 0.15) is 53.4 Å². The Morgan fingerprint density at radius 1 is 1.03 bits per heavy atom. The van der Waals surface area contributed by atoms with Crippen molar-refractivity contribution < 1.29 is 19.2 Å². The molecule has 5 amide bonds. The number of carbonyl (C=O) groups is 4. The molecule has 31 heavy (non-hydrogen) atoms. The van der Waals surface area contributed by atoms with Crippen LogP contribution < -0.4 is 5.32 Å². The summed E-state index contributed by atoms with van der Waals surface area (Å²) in [5.74, 6) is -0.0423. The third kappa shape index (κ3) is 4.71. The molecular weight excluding hydrogens is 398 g/mol. The van der Waals surface area contributed by atoms with E-state index in [1.165, 1.54) is 4.90 Å². The zero-order valence-corrected chi connectivity index (χ0v) is 19.4. The Morgan fingerprint density at radius 3 is 2.13 bits per heavy atom. The van der Waals surface area contributed by atoms with Crippen molar-refractivity contribution in [1.82, 2.24) is 24.9 Å². The van der Waals surface area contributed by atoms with Crippen molar-refractivity contribution in [3.8, 4) is 0 Å². The van der Waals surface area contributed by atoms with Crippen LogP contribution in [0.25, 0.3) is 0 Å². The molecule has 174 valence electrons. The minimum absolute atomic E-state index is 0.0750. The molecule has 0 aliphatic carbocycles. The molecule has 9 nitrogen and oxygen atoms in total. The SMILES string of the molecule is CCN(CC)CC(=O)N1CCC(N2C(=O)NC3(CCN(C(=O)C(C)C)CC3)C2=O)CC1. The van der Waals surface area contributed by atoms with Gasteiger partial charge in [-0.2, -0.15) is 0 Å². The number of amides is 5. The van der Waals surface area contributed by atoms with Crippen LogP contribution in [0.4, 0.5) is 4.79 Å². The Morgan fingerprint density at radius 2 is 1.61 bits per heavy atom. The van der Waals surface area contributed by atoms with Gasteiger partial charge in [0.2, 0.25) is 11.8 Å². The van der Waals surface area contributed by atoms with Gasteiger partial charge >= 0.3 is 6.03 Å². The van der Waals surface area contributed by atoms with Crippen molar-refractivity contribution >= 4 is 23.8 Å². The summed E-state index contributed by atoms with van der Waals surface area (Å²) >= 11 is 0. The van der Waals surface area contributed by atoms with Crippen LogP contribution >= 0.6 is 0 Å². The van der Waals surface area contributed by atoms with E-state index in [1.807, 2.05) is 32.6 Å². The summed E-state index contributed by atoms with van der Waals surface area (Å²) in [7, 11) is 0. The topological polar surface area (TPSA) is 93.3 Å². The van der Waals surface area contributed by atoms with Crippen molar-refractivity contribution in [3.63, 3.8) is 0 Å². The Labute approximate surface area is 185 Å². The first-order chi connectivity index (χ1) is 14.7. The quantitative estimate of drug-likeness (QED) is 0.626. The van der Waals surface area contributed by atoms with Gasteiger partial charge < -0.3 is 15.1 Å². The highest BCUT2D eigenvalue weighted by atomic mass is 16.2. The lowest BCUT2D eigenvalue weighted by molar-refractivity contribution is -0.141. The summed E-state index contributed by atoms with van der Waals surface area (Å²) in [4.78, 5) is 58.0. The summed E-state index contributed by atoms with van der Waals surface area (Å²) in [6.07, 6.45) is 2.12. The minimum Gasteiger partial charge on any atom is -0.342 e. The predicted octanol–water partition coefficient (Wildman–Crippen LogP) is 0.888. The number of urea groups is 1. The second kappa shape index (κ2) is 9.54. The molecule has 0 saturated carbocycles. The largest absolute Gasteiger partial charge is 0.342 e. The van der Waals surface area contributed by atoms with E-state index < -0.39 is 5.54 Å². The molecule has 0 radical (unpaired) electrons. The molecule has 0 atom stereocenters. The molecule has 0 bridgehead atoms. The van der Waals surface area contributed by atoms with Crippen LogP contribution in [-0.4, -0.2) is 101 Å². The number of nitrogens with zero attached hydrogens (tertiary/aromatic N) is 4. The van der Waals surface area contributed by atoms with Crippen molar-refractivity contribution in [1.29, 1.82) is 0 Å². The molecule has 0 unspecified atom stereocenters. The Hall–Kier alpha value is -2.16. The molecule has 1 N–H and O–H groups in total. The first-order valence-corrected chi connectivity index (χ1v) is 11.7. The fraction of sp³-hybridized carbons (Fsp3) is 0.818. The number of likely N-dealkylation sites (N-methyl/N-ethyl adjacent to an activating group) is 1. The van der Waals surface area contributed by atoms with Crippen molar-refractivity contribution in [2.24, 2.45) is 5.92 Å². The average Bonchev–Trinajstić information content (AvgIpc) is 3.01. The minimum atomic E-state index is -0.888. The van der Waals surface area contributed by atoms with Gasteiger partial charge in [0, 0.05) is 38.1 Å². The van der Waals surface area contributed by atoms with E-state index in [0.29, 0.717) is 58.4 Å². The average molecular weight is 436 g/mol. The van der Waals surface area contributed by atoms with Gasteiger partial charge in [-0.15, -0.1) is 0 Å². The van der Waals surface area contributed by atoms with Gasteiger partial charge in [0.15, 0.2) is 0 Å². The first-order valence-electron chi connectivity index (χ1n) is 11.7. The molecule has 3 aliphatic rings. The zero-order chi connectivity index (χ0) is 22.8. The molecule has 9 heteroatoms. The van der Waals surface area contributed by atoms with Gasteiger partial charge in [-0.1, -0.05) is 27.7 Å². The summed E-state index contributed by atoms with van der Waals surface area (Å²) < 4.78 is 0. The molecule has 3 aliphatic heterocycles. The van der Waals surface area contributed by atoms with E-state index in [-0.39, 0.29) is 35.7 Å². The number of hydrogen-bond acceptors (Lipinski definition) is 5. The van der Waals surface area contributed by atoms with Gasteiger partial charge in [-0.25, -0.2) is 4.79 Å². The predicted molar refractivity (Wildman–Crippen MR) is 116 cm³/mol. The Bertz CT molecular complexity index is 705. The highest BCUT2D eigenvalue weighted by molar-refractivity contribution is 6.07. The molecule has 3 fully saturated rings. The van der Waals surface area contributed by atoms with E-state index in [1.54, 1.807) is 4.90 Å². The lowest BCUT2D eigenvalue weighted by Crippen LogP contribution is -2.57. The third-order valence-electron chi connectivity index (χ3n) is 7.05. The molecule has 3 heterocycles. The molecule has 0 aromatic rings. The monoisotopic (exact) mass is 435 g/mol. The highest BCUT2D eigenvalue weighted by Crippen LogP contribution is 2.33. The fourth-order valence-electron chi connectivity index (χ4n) is 4.90. The third-order valence-corrected chi connectivity index (χ3v) is 7.05. The van der Waals surface area contributed by atoms with E-state index in [0.717, 1.165) is 13.1 Å². The summed E-state index contributed by atoms with van der Waals surface area (Å²) in [6.45, 7) is 12.0. The fourth-order valence-corrected chi connectivity index (χ4v) is 4.90. The van der Waals surface area contributed by atoms with Gasteiger partial charge in [-0.05, 0) is 38.8 Å². The van der Waals surface area contributed by atoms with Gasteiger partial charge in [0.1, 0.15) is 5.54 Å². The van der Waals surface area contributed by atoms with Crippen molar-refractivity contribution in [3.05, 3.63) is 0 Å². The van der Waals surface area contributed by atoms with Gasteiger partial charge in [0.25, 0.3) is 5.91 Å². The number of hydrogen-bond donors (Lipinski definition) is 1. The summed E-state index contributed by atoms with van der Waals surface area (Å²) in [5.41, 5.74) is -0.888. The molecule has 0 aromatic carbocycles. The van der Waals surface area contributed by atoms with Crippen LogP contribution in [0.2, 0.25) is 0 Å². The van der Waals surface area contributed by atoms with Crippen LogP contribution in [0.5, 0.6) is 0 Å². The Balaban J connectivity index is 1.57. The van der Waals surface area contributed by atoms with Crippen molar-refractivity contribution in [2.45, 2.75) is 65.0 Å². The van der Waals surface area contributed by atoms with E-state index in [9.17, 15) is 19.2 Å². The van der Waals surface area contributed by atoms with E-state index in [4.69, 9.17) is 0 Å². The maximum atomic E-state index is 13.3. The lowest BCUT2D eigenvalue weighted by Gasteiger charge is -2.39. The lowest BCUT2D eigenvalue weighted by atomic mass is 9.86. The van der Waals surface area contributed by atoms with Gasteiger partial charge in [-0.3, -0.25) is 24.2 Å². The summed E-state index contributed by atoms with van der Waals surface area (Å²) in [5, 5.41) is 2.94. The second-order valence-electron chi connectivity index (χ2n) is 9.24. The maximum absolute atomic E-state index is 13.3. The molecule has 1 spiro atoms. The first kappa shape index (κ1) is 23.5. The van der Waals surface area contributed by atoms with Crippen LogP contribution in [0.3, 0.4) is 0 Å². The number of carbonyl (C=O) groups excluding carboxylic acids is 4. The number of piperidine rings is 2. The van der Waals surface area contributed by atoms with E-state index >= 15 is 0 Å². The smallest absolute Gasteiger partial charge is 0.325 e. The highest BCUT2D eigenvalue weighted by Gasteiger charge is 2.54. The summed E-state index contributed by atoms with van der Waals surface area (Å²) in [6, 6.07) is -0.513. The molecule has 0 aromatic heterocycles. The number of imide groups is 1. The Kier molecular flexibility index (Phi) is 7.24. The van der Waals surface area contributed by atoms with Crippen LogP contribution in [0.15, 0.2) is 0 Å². The van der Waals surface area contributed by atoms with Crippen LogP contribution in [0, 0.1) is 5.92 Å². The number of nitrogens with one attached hydrogen (secondary N) is 1.